The number of hydrogen-bond acceptors (Lipinski definition) is 4. The average molecular weight is 228 g/mol. The monoisotopic (exact) mass is 228 g/mol. The van der Waals surface area contributed by atoms with Crippen LogP contribution in [0.15, 0.2) is 24.5 Å². The number of pyridine rings is 1. The van der Waals surface area contributed by atoms with E-state index in [0.717, 1.165) is 22.4 Å². The van der Waals surface area contributed by atoms with Crippen LogP contribution in [0.5, 0.6) is 0 Å². The van der Waals surface area contributed by atoms with Crippen LogP contribution < -0.4 is 5.73 Å². The minimum Gasteiger partial charge on any atom is -0.397 e. The molecule has 0 bridgehead atoms. The van der Waals surface area contributed by atoms with Crippen LogP contribution in [-0.4, -0.2) is 25.0 Å². The second-order valence-electron chi connectivity index (χ2n) is 3.98. The van der Waals surface area contributed by atoms with Gasteiger partial charge in [0.15, 0.2) is 0 Å². The molecule has 0 spiro atoms. The first-order valence-corrected chi connectivity index (χ1v) is 5.31. The van der Waals surface area contributed by atoms with Crippen molar-refractivity contribution < 1.29 is 0 Å². The molecular weight excluding hydrogens is 216 g/mol. The molecule has 0 unspecified atom stereocenters. The van der Waals surface area contributed by atoms with E-state index < -0.39 is 0 Å². The third-order valence-corrected chi connectivity index (χ3v) is 2.63. The first-order chi connectivity index (χ1) is 8.24. The fourth-order valence-electron chi connectivity index (χ4n) is 1.87. The van der Waals surface area contributed by atoms with Crippen LogP contribution in [0.2, 0.25) is 0 Å². The molecule has 6 nitrogen and oxygen atoms in total. The quantitative estimate of drug-likeness (QED) is 0.687. The van der Waals surface area contributed by atoms with Crippen LogP contribution in [0.3, 0.4) is 0 Å². The molecular formula is C11H12N6. The summed E-state index contributed by atoms with van der Waals surface area (Å²) in [5.74, 6) is 0. The maximum Gasteiger partial charge on any atom is 0.110 e. The second kappa shape index (κ2) is 3.58. The van der Waals surface area contributed by atoms with Gasteiger partial charge in [-0.25, -0.2) is 0 Å². The van der Waals surface area contributed by atoms with Crippen LogP contribution in [0.1, 0.15) is 11.4 Å². The Kier molecular flexibility index (Phi) is 2.07. The average Bonchev–Trinajstić information content (AvgIpc) is 2.88. The van der Waals surface area contributed by atoms with Gasteiger partial charge >= 0.3 is 0 Å². The van der Waals surface area contributed by atoms with E-state index in [1.807, 2.05) is 17.7 Å². The molecule has 0 radical (unpaired) electrons. The van der Waals surface area contributed by atoms with Crippen molar-refractivity contribution in [3.8, 4) is 0 Å². The zero-order valence-electron chi connectivity index (χ0n) is 9.38. The van der Waals surface area contributed by atoms with E-state index in [-0.39, 0.29) is 0 Å². The Bertz CT molecular complexity index is 665. The topological polar surface area (TPSA) is 85.4 Å². The fourth-order valence-corrected chi connectivity index (χ4v) is 1.87. The van der Waals surface area contributed by atoms with Crippen molar-refractivity contribution in [2.45, 2.75) is 13.5 Å². The number of nitrogens with two attached hydrogens (primary N) is 1. The lowest BCUT2D eigenvalue weighted by atomic mass is 10.3. The molecule has 17 heavy (non-hydrogen) atoms. The highest BCUT2D eigenvalue weighted by Gasteiger charge is 2.08. The number of nitrogens with zero attached hydrogens (tertiary/aromatic N) is 4. The van der Waals surface area contributed by atoms with E-state index in [1.165, 1.54) is 0 Å². The summed E-state index contributed by atoms with van der Waals surface area (Å²) in [5, 5.41) is 11.4. The molecule has 0 aliphatic heterocycles. The highest BCUT2D eigenvalue weighted by molar-refractivity contribution is 5.86. The van der Waals surface area contributed by atoms with Gasteiger partial charge in [0, 0.05) is 11.9 Å². The lowest BCUT2D eigenvalue weighted by Gasteiger charge is -2.02. The molecule has 0 amide bonds. The zero-order valence-corrected chi connectivity index (χ0v) is 9.38. The van der Waals surface area contributed by atoms with Crippen molar-refractivity contribution in [3.63, 3.8) is 0 Å². The van der Waals surface area contributed by atoms with Gasteiger partial charge in [0.2, 0.25) is 0 Å². The number of aromatic nitrogens is 5. The van der Waals surface area contributed by atoms with Gasteiger partial charge in [-0.3, -0.25) is 14.8 Å². The largest absolute Gasteiger partial charge is 0.397 e. The first-order valence-electron chi connectivity index (χ1n) is 5.31. The molecule has 86 valence electrons. The summed E-state index contributed by atoms with van der Waals surface area (Å²) in [5.41, 5.74) is 10.2. The molecule has 0 saturated carbocycles. The Balaban J connectivity index is 2.06. The lowest BCUT2D eigenvalue weighted by Crippen LogP contribution is -2.03. The van der Waals surface area contributed by atoms with Crippen LogP contribution >= 0.6 is 0 Å². The molecule has 6 heteroatoms. The normalized spacial score (nSPS) is 11.1. The summed E-state index contributed by atoms with van der Waals surface area (Å²) in [7, 11) is 0. The molecule has 0 fully saturated rings. The number of nitrogens with one attached hydrogen (secondary N) is 1. The highest BCUT2D eigenvalue weighted by atomic mass is 15.3. The lowest BCUT2D eigenvalue weighted by molar-refractivity contribution is 0.694. The van der Waals surface area contributed by atoms with Gasteiger partial charge in [0.05, 0.1) is 24.1 Å². The molecule has 3 rings (SSSR count). The summed E-state index contributed by atoms with van der Waals surface area (Å²) in [4.78, 5) is 4.22. The highest BCUT2D eigenvalue weighted by Crippen LogP contribution is 2.18. The summed E-state index contributed by atoms with van der Waals surface area (Å²) in [6, 6.07) is 3.76. The van der Waals surface area contributed by atoms with E-state index in [4.69, 9.17) is 5.73 Å². The van der Waals surface area contributed by atoms with E-state index in [2.05, 4.69) is 20.3 Å². The Morgan fingerprint density at radius 2 is 2.35 bits per heavy atom. The molecule has 0 aliphatic rings. The van der Waals surface area contributed by atoms with Gasteiger partial charge in [0.25, 0.3) is 0 Å². The van der Waals surface area contributed by atoms with Crippen LogP contribution in [0.25, 0.3) is 11.0 Å². The number of hydrogen-bond donors (Lipinski definition) is 2. The molecule has 3 heterocycles. The van der Waals surface area contributed by atoms with Crippen LogP contribution in [-0.2, 0) is 6.54 Å². The zero-order chi connectivity index (χ0) is 11.8. The van der Waals surface area contributed by atoms with E-state index in [0.29, 0.717) is 12.2 Å². The molecule has 0 saturated heterocycles. The number of aromatic amines is 1. The van der Waals surface area contributed by atoms with E-state index in [1.54, 1.807) is 18.5 Å². The maximum absolute atomic E-state index is 5.93. The third-order valence-electron chi connectivity index (χ3n) is 2.63. The van der Waals surface area contributed by atoms with Crippen molar-refractivity contribution in [1.82, 2.24) is 25.0 Å². The van der Waals surface area contributed by atoms with E-state index >= 15 is 0 Å². The van der Waals surface area contributed by atoms with Gasteiger partial charge < -0.3 is 5.73 Å². The SMILES string of the molecule is Cc1cc(Cn2ncc3nccc(N)c32)n[nH]1. The molecule has 0 aromatic carbocycles. The summed E-state index contributed by atoms with van der Waals surface area (Å²) in [6.45, 7) is 2.55. The van der Waals surface area contributed by atoms with Crippen LogP contribution in [0, 0.1) is 6.92 Å². The van der Waals surface area contributed by atoms with Gasteiger partial charge in [-0.2, -0.15) is 10.2 Å². The molecule has 0 atom stereocenters. The Morgan fingerprint density at radius 1 is 1.47 bits per heavy atom. The van der Waals surface area contributed by atoms with E-state index in [9.17, 15) is 0 Å². The Morgan fingerprint density at radius 3 is 3.12 bits per heavy atom. The number of H-pyrrole nitrogens is 1. The predicted molar refractivity (Wildman–Crippen MR) is 64.4 cm³/mol. The summed E-state index contributed by atoms with van der Waals surface area (Å²) in [6.07, 6.45) is 3.40. The van der Waals surface area contributed by atoms with Crippen molar-refractivity contribution in [2.75, 3.05) is 5.73 Å². The molecule has 3 N–H and O–H groups in total. The summed E-state index contributed by atoms with van der Waals surface area (Å²) >= 11 is 0. The van der Waals surface area contributed by atoms with Crippen molar-refractivity contribution in [2.24, 2.45) is 0 Å². The van der Waals surface area contributed by atoms with Crippen LogP contribution in [0.4, 0.5) is 5.69 Å². The molecule has 3 aromatic rings. The molecule has 3 aromatic heterocycles. The number of nitrogen functional groups attached to an aromatic ring is 1. The standard InChI is InChI=1S/C11H12N6/c1-7-4-8(16-15-7)6-17-11-9(12)2-3-13-10(11)5-14-17/h2-5H,6H2,1H3,(H2,12,13)(H,15,16). The minimum atomic E-state index is 0.587. The van der Waals surface area contributed by atoms with Crippen molar-refractivity contribution in [3.05, 3.63) is 35.9 Å². The van der Waals surface area contributed by atoms with Gasteiger partial charge in [-0.05, 0) is 19.1 Å². The van der Waals surface area contributed by atoms with Crippen molar-refractivity contribution >= 4 is 16.7 Å². The Labute approximate surface area is 97.5 Å². The number of fused-ring (bicyclic) bond motifs is 1. The minimum absolute atomic E-state index is 0.587. The van der Waals surface area contributed by atoms with Gasteiger partial charge in [-0.15, -0.1) is 0 Å². The maximum atomic E-state index is 5.93. The van der Waals surface area contributed by atoms with Crippen molar-refractivity contribution in [1.29, 1.82) is 0 Å². The Hall–Kier alpha value is -2.37. The number of anilines is 1. The fraction of sp³-hybridized carbons (Fsp3) is 0.182. The molecule has 0 aliphatic carbocycles. The number of rotatable bonds is 2. The third kappa shape index (κ3) is 1.63. The first kappa shape index (κ1) is 9.83. The summed E-state index contributed by atoms with van der Waals surface area (Å²) < 4.78 is 1.81. The smallest absolute Gasteiger partial charge is 0.110 e. The second-order valence-corrected chi connectivity index (χ2v) is 3.98. The van der Waals surface area contributed by atoms with Gasteiger partial charge in [-0.1, -0.05) is 0 Å². The number of aryl methyl sites for hydroxylation is 1. The van der Waals surface area contributed by atoms with Gasteiger partial charge in [0.1, 0.15) is 11.0 Å². The predicted octanol–water partition coefficient (Wildman–Crippen LogP) is 1.09.